The standard InChI is InChI=1S/C10H14ClN5O3/c1-2-3-4-15(5-7(12)17)10-8(16(18)19)9(11)13-6-14-10/h6H,2-5H2,1H3,(H2,12,17). The van der Waals surface area contributed by atoms with E-state index in [1.807, 2.05) is 6.92 Å². The van der Waals surface area contributed by atoms with E-state index in [0.29, 0.717) is 6.54 Å². The highest BCUT2D eigenvalue weighted by molar-refractivity contribution is 6.31. The minimum Gasteiger partial charge on any atom is -0.368 e. The van der Waals surface area contributed by atoms with Crippen LogP contribution in [0.2, 0.25) is 5.15 Å². The number of hydrogen-bond acceptors (Lipinski definition) is 6. The summed E-state index contributed by atoms with van der Waals surface area (Å²) < 4.78 is 0. The summed E-state index contributed by atoms with van der Waals surface area (Å²) in [6.07, 6.45) is 2.72. The van der Waals surface area contributed by atoms with Crippen LogP contribution in [0.25, 0.3) is 0 Å². The molecule has 0 aliphatic rings. The van der Waals surface area contributed by atoms with E-state index in [0.717, 1.165) is 19.2 Å². The zero-order chi connectivity index (χ0) is 14.4. The molecule has 9 heteroatoms. The van der Waals surface area contributed by atoms with Gasteiger partial charge >= 0.3 is 5.69 Å². The lowest BCUT2D eigenvalue weighted by atomic mass is 10.3. The van der Waals surface area contributed by atoms with Crippen molar-refractivity contribution in [3.05, 3.63) is 21.6 Å². The Bertz CT molecular complexity index is 482. The molecule has 0 radical (unpaired) electrons. The largest absolute Gasteiger partial charge is 0.368 e. The number of hydrogen-bond donors (Lipinski definition) is 1. The van der Waals surface area contributed by atoms with Crippen LogP contribution in [-0.2, 0) is 4.79 Å². The van der Waals surface area contributed by atoms with Crippen molar-refractivity contribution in [3.63, 3.8) is 0 Å². The molecule has 0 unspecified atom stereocenters. The molecule has 104 valence electrons. The van der Waals surface area contributed by atoms with Gasteiger partial charge in [-0.05, 0) is 6.42 Å². The monoisotopic (exact) mass is 287 g/mol. The second kappa shape index (κ2) is 6.83. The summed E-state index contributed by atoms with van der Waals surface area (Å²) >= 11 is 5.70. The molecule has 1 aromatic heterocycles. The number of anilines is 1. The highest BCUT2D eigenvalue weighted by Gasteiger charge is 2.26. The average molecular weight is 288 g/mol. The van der Waals surface area contributed by atoms with Gasteiger partial charge in [-0.25, -0.2) is 9.97 Å². The fourth-order valence-electron chi connectivity index (χ4n) is 1.53. The Morgan fingerprint density at radius 1 is 1.58 bits per heavy atom. The van der Waals surface area contributed by atoms with Crippen molar-refractivity contribution < 1.29 is 9.72 Å². The Morgan fingerprint density at radius 3 is 2.79 bits per heavy atom. The predicted octanol–water partition coefficient (Wildman–Crippen LogP) is 1.13. The van der Waals surface area contributed by atoms with E-state index in [1.165, 1.54) is 4.90 Å². The first-order valence-electron chi connectivity index (χ1n) is 5.65. The fourth-order valence-corrected chi connectivity index (χ4v) is 1.73. The topological polar surface area (TPSA) is 115 Å². The molecule has 19 heavy (non-hydrogen) atoms. The highest BCUT2D eigenvalue weighted by atomic mass is 35.5. The number of halogens is 1. The summed E-state index contributed by atoms with van der Waals surface area (Å²) in [7, 11) is 0. The maximum atomic E-state index is 11.0. The Balaban J connectivity index is 3.16. The Labute approximate surface area is 114 Å². The summed E-state index contributed by atoms with van der Waals surface area (Å²) in [5.41, 5.74) is 4.72. The summed E-state index contributed by atoms with van der Waals surface area (Å²) in [6, 6.07) is 0. The molecule has 0 saturated heterocycles. The van der Waals surface area contributed by atoms with Crippen molar-refractivity contribution >= 4 is 29.0 Å². The Hall–Kier alpha value is -1.96. The smallest absolute Gasteiger partial charge is 0.348 e. The van der Waals surface area contributed by atoms with E-state index in [2.05, 4.69) is 9.97 Å². The van der Waals surface area contributed by atoms with E-state index in [9.17, 15) is 14.9 Å². The first-order valence-corrected chi connectivity index (χ1v) is 6.03. The quantitative estimate of drug-likeness (QED) is 0.456. The first-order chi connectivity index (χ1) is 8.97. The van der Waals surface area contributed by atoms with E-state index in [1.54, 1.807) is 0 Å². The van der Waals surface area contributed by atoms with Crippen LogP contribution in [0.5, 0.6) is 0 Å². The molecule has 0 fully saturated rings. The zero-order valence-corrected chi connectivity index (χ0v) is 11.1. The molecule has 0 spiro atoms. The lowest BCUT2D eigenvalue weighted by Crippen LogP contribution is -2.35. The first kappa shape index (κ1) is 15.1. The molecule has 8 nitrogen and oxygen atoms in total. The Kier molecular flexibility index (Phi) is 5.43. The summed E-state index contributed by atoms with van der Waals surface area (Å²) in [4.78, 5) is 30.2. The van der Waals surface area contributed by atoms with Gasteiger partial charge in [0.25, 0.3) is 0 Å². The third-order valence-electron chi connectivity index (χ3n) is 2.37. The van der Waals surface area contributed by atoms with Crippen LogP contribution in [0.15, 0.2) is 6.33 Å². The lowest BCUT2D eigenvalue weighted by molar-refractivity contribution is -0.384. The number of carbonyl (C=O) groups is 1. The molecular weight excluding hydrogens is 274 g/mol. The molecule has 0 aliphatic heterocycles. The second-order valence-corrected chi connectivity index (χ2v) is 4.19. The van der Waals surface area contributed by atoms with Crippen LogP contribution >= 0.6 is 11.6 Å². The van der Waals surface area contributed by atoms with Crippen LogP contribution in [0.4, 0.5) is 11.5 Å². The molecule has 1 aromatic rings. The third-order valence-corrected chi connectivity index (χ3v) is 2.65. The Morgan fingerprint density at radius 2 is 2.26 bits per heavy atom. The second-order valence-electron chi connectivity index (χ2n) is 3.84. The molecule has 0 aromatic carbocycles. The van der Waals surface area contributed by atoms with Crippen molar-refractivity contribution in [1.29, 1.82) is 0 Å². The molecular formula is C10H14ClN5O3. The predicted molar refractivity (Wildman–Crippen MR) is 70.0 cm³/mol. The highest BCUT2D eigenvalue weighted by Crippen LogP contribution is 2.31. The minimum absolute atomic E-state index is 0.0113. The molecule has 0 aliphatic carbocycles. The summed E-state index contributed by atoms with van der Waals surface area (Å²) in [6.45, 7) is 2.23. The maximum Gasteiger partial charge on any atom is 0.348 e. The molecule has 0 saturated carbocycles. The van der Waals surface area contributed by atoms with Gasteiger partial charge in [-0.1, -0.05) is 24.9 Å². The number of carbonyl (C=O) groups excluding carboxylic acids is 1. The van der Waals surface area contributed by atoms with Gasteiger partial charge in [0.1, 0.15) is 6.33 Å². The number of rotatable bonds is 7. The lowest BCUT2D eigenvalue weighted by Gasteiger charge is -2.21. The number of unbranched alkanes of at least 4 members (excludes halogenated alkanes) is 1. The average Bonchev–Trinajstić information content (AvgIpc) is 2.33. The van der Waals surface area contributed by atoms with Crippen molar-refractivity contribution in [3.8, 4) is 0 Å². The molecule has 1 rings (SSSR count). The van der Waals surface area contributed by atoms with Crippen LogP contribution in [0.1, 0.15) is 19.8 Å². The molecule has 1 amide bonds. The van der Waals surface area contributed by atoms with Gasteiger partial charge in [0.05, 0.1) is 11.5 Å². The molecule has 2 N–H and O–H groups in total. The van der Waals surface area contributed by atoms with Gasteiger partial charge < -0.3 is 10.6 Å². The van der Waals surface area contributed by atoms with Crippen molar-refractivity contribution in [2.75, 3.05) is 18.0 Å². The molecule has 1 heterocycles. The van der Waals surface area contributed by atoms with E-state index >= 15 is 0 Å². The van der Waals surface area contributed by atoms with Crippen LogP contribution in [0.3, 0.4) is 0 Å². The van der Waals surface area contributed by atoms with Crippen LogP contribution in [-0.4, -0.2) is 33.9 Å². The van der Waals surface area contributed by atoms with E-state index in [-0.39, 0.29) is 17.5 Å². The van der Waals surface area contributed by atoms with Crippen molar-refractivity contribution in [2.24, 2.45) is 5.73 Å². The van der Waals surface area contributed by atoms with Crippen molar-refractivity contribution in [1.82, 2.24) is 9.97 Å². The minimum atomic E-state index is -0.669. The van der Waals surface area contributed by atoms with Crippen LogP contribution < -0.4 is 10.6 Å². The van der Waals surface area contributed by atoms with Crippen molar-refractivity contribution in [2.45, 2.75) is 19.8 Å². The normalized spacial score (nSPS) is 10.2. The fraction of sp³-hybridized carbons (Fsp3) is 0.500. The number of aromatic nitrogens is 2. The number of nitrogens with two attached hydrogens (primary N) is 1. The van der Waals surface area contributed by atoms with Gasteiger partial charge in [0, 0.05) is 6.54 Å². The maximum absolute atomic E-state index is 11.0. The third kappa shape index (κ3) is 4.02. The number of primary amides is 1. The number of amides is 1. The van der Waals surface area contributed by atoms with Crippen LogP contribution in [0, 0.1) is 10.1 Å². The van der Waals surface area contributed by atoms with E-state index in [4.69, 9.17) is 17.3 Å². The van der Waals surface area contributed by atoms with Gasteiger partial charge in [0.2, 0.25) is 16.9 Å². The molecule has 0 atom stereocenters. The number of nitrogens with zero attached hydrogens (tertiary/aromatic N) is 4. The van der Waals surface area contributed by atoms with Gasteiger partial charge in [-0.15, -0.1) is 0 Å². The zero-order valence-electron chi connectivity index (χ0n) is 10.4. The summed E-state index contributed by atoms with van der Waals surface area (Å²) in [5.74, 6) is -0.586. The summed E-state index contributed by atoms with van der Waals surface area (Å²) in [5, 5.41) is 10.7. The number of nitro groups is 1. The molecule has 0 bridgehead atoms. The van der Waals surface area contributed by atoms with Gasteiger partial charge in [0.15, 0.2) is 0 Å². The van der Waals surface area contributed by atoms with Gasteiger partial charge in [-0.2, -0.15) is 0 Å². The van der Waals surface area contributed by atoms with E-state index < -0.39 is 16.5 Å². The van der Waals surface area contributed by atoms with Gasteiger partial charge in [-0.3, -0.25) is 14.9 Å². The SMILES string of the molecule is CCCCN(CC(N)=O)c1ncnc(Cl)c1[N+](=O)[O-].